The highest BCUT2D eigenvalue weighted by molar-refractivity contribution is 6.01. The SMILES string of the molecule is CCn1nc(C(F)F)c(C(=O)OCC(=O)c2c(F)cccc2F)c1N. The molecule has 0 saturated carbocycles. The second kappa shape index (κ2) is 7.32. The standard InChI is InChI=1S/C15H13F4N3O3/c1-2-22-14(20)11(12(21-22)13(18)19)15(24)25-6-9(23)10-7(16)4-3-5-8(10)17/h3-5,13H,2,6,20H2,1H3. The summed E-state index contributed by atoms with van der Waals surface area (Å²) < 4.78 is 58.5. The van der Waals surface area contributed by atoms with Crippen molar-refractivity contribution in [2.45, 2.75) is 19.9 Å². The van der Waals surface area contributed by atoms with Crippen LogP contribution in [0.3, 0.4) is 0 Å². The zero-order valence-corrected chi connectivity index (χ0v) is 12.9. The lowest BCUT2D eigenvalue weighted by Crippen LogP contribution is -2.18. The van der Waals surface area contributed by atoms with E-state index in [1.807, 2.05) is 0 Å². The Labute approximate surface area is 139 Å². The molecule has 10 heteroatoms. The average Bonchev–Trinajstić information content (AvgIpc) is 2.89. The average molecular weight is 359 g/mol. The quantitative estimate of drug-likeness (QED) is 0.487. The number of rotatable bonds is 6. The van der Waals surface area contributed by atoms with Gasteiger partial charge in [0.05, 0.1) is 5.56 Å². The van der Waals surface area contributed by atoms with Crippen molar-refractivity contribution in [3.05, 3.63) is 46.7 Å². The fourth-order valence-electron chi connectivity index (χ4n) is 2.14. The molecule has 0 aliphatic carbocycles. The van der Waals surface area contributed by atoms with Gasteiger partial charge in [-0.1, -0.05) is 6.07 Å². The van der Waals surface area contributed by atoms with Gasteiger partial charge in [0, 0.05) is 6.54 Å². The molecule has 0 atom stereocenters. The Morgan fingerprint density at radius 1 is 1.24 bits per heavy atom. The van der Waals surface area contributed by atoms with Gasteiger partial charge in [0.1, 0.15) is 28.7 Å². The molecule has 2 rings (SSSR count). The summed E-state index contributed by atoms with van der Waals surface area (Å²) in [5, 5.41) is 3.50. The summed E-state index contributed by atoms with van der Waals surface area (Å²) in [5.41, 5.74) is 3.12. The van der Waals surface area contributed by atoms with Gasteiger partial charge in [0.15, 0.2) is 6.61 Å². The number of alkyl halides is 2. The first-order valence-electron chi connectivity index (χ1n) is 7.06. The molecule has 2 aromatic rings. The maximum Gasteiger partial charge on any atom is 0.344 e. The van der Waals surface area contributed by atoms with E-state index in [1.54, 1.807) is 6.92 Å². The van der Waals surface area contributed by atoms with Crippen LogP contribution in [0, 0.1) is 11.6 Å². The lowest BCUT2D eigenvalue weighted by Gasteiger charge is -2.07. The third-order valence-electron chi connectivity index (χ3n) is 3.31. The van der Waals surface area contributed by atoms with Gasteiger partial charge in [0.25, 0.3) is 6.43 Å². The number of aryl methyl sites for hydroxylation is 1. The predicted octanol–water partition coefficient (Wildman–Crippen LogP) is 2.74. The number of hydrogen-bond donors (Lipinski definition) is 1. The summed E-state index contributed by atoms with van der Waals surface area (Å²) >= 11 is 0. The number of nitrogens with zero attached hydrogens (tertiary/aromatic N) is 2. The molecule has 0 aliphatic heterocycles. The van der Waals surface area contributed by atoms with Gasteiger partial charge >= 0.3 is 5.97 Å². The zero-order valence-electron chi connectivity index (χ0n) is 12.9. The highest BCUT2D eigenvalue weighted by atomic mass is 19.3. The molecule has 1 aromatic carbocycles. The number of aromatic nitrogens is 2. The summed E-state index contributed by atoms with van der Waals surface area (Å²) in [6, 6.07) is 2.77. The Bertz CT molecular complexity index is 800. The molecule has 134 valence electrons. The molecular formula is C15H13F4N3O3. The molecule has 0 aliphatic rings. The van der Waals surface area contributed by atoms with E-state index < -0.39 is 53.2 Å². The van der Waals surface area contributed by atoms with E-state index in [1.165, 1.54) is 0 Å². The third-order valence-corrected chi connectivity index (χ3v) is 3.31. The highest BCUT2D eigenvalue weighted by Gasteiger charge is 2.29. The minimum atomic E-state index is -3.10. The number of nitrogen functional groups attached to an aromatic ring is 1. The van der Waals surface area contributed by atoms with Gasteiger partial charge in [-0.2, -0.15) is 5.10 Å². The molecule has 6 nitrogen and oxygen atoms in total. The monoisotopic (exact) mass is 359 g/mol. The summed E-state index contributed by atoms with van der Waals surface area (Å²) in [6.07, 6.45) is -3.10. The van der Waals surface area contributed by atoms with Crippen molar-refractivity contribution >= 4 is 17.6 Å². The number of carbonyl (C=O) groups excluding carboxylic acids is 2. The van der Waals surface area contributed by atoms with Crippen LogP contribution in [0.25, 0.3) is 0 Å². The maximum atomic E-state index is 13.5. The number of ketones is 1. The van der Waals surface area contributed by atoms with Crippen LogP contribution in [-0.4, -0.2) is 28.1 Å². The number of benzene rings is 1. The Kier molecular flexibility index (Phi) is 5.40. The van der Waals surface area contributed by atoms with Crippen LogP contribution < -0.4 is 5.73 Å². The van der Waals surface area contributed by atoms with E-state index in [-0.39, 0.29) is 12.4 Å². The van der Waals surface area contributed by atoms with E-state index in [0.29, 0.717) is 0 Å². The normalized spacial score (nSPS) is 11.0. The fraction of sp³-hybridized carbons (Fsp3) is 0.267. The van der Waals surface area contributed by atoms with Gasteiger partial charge in [-0.05, 0) is 19.1 Å². The lowest BCUT2D eigenvalue weighted by molar-refractivity contribution is 0.0464. The number of carbonyl (C=O) groups is 2. The number of halogens is 4. The Balaban J connectivity index is 2.21. The largest absolute Gasteiger partial charge is 0.454 e. The summed E-state index contributed by atoms with van der Waals surface area (Å²) in [7, 11) is 0. The first-order valence-corrected chi connectivity index (χ1v) is 7.06. The van der Waals surface area contributed by atoms with Crippen molar-refractivity contribution in [2.75, 3.05) is 12.3 Å². The molecule has 0 bridgehead atoms. The molecule has 0 fully saturated rings. The van der Waals surface area contributed by atoms with Crippen LogP contribution in [0.4, 0.5) is 23.4 Å². The third kappa shape index (κ3) is 3.62. The van der Waals surface area contributed by atoms with E-state index in [2.05, 4.69) is 9.84 Å². The topological polar surface area (TPSA) is 87.2 Å². The summed E-state index contributed by atoms with van der Waals surface area (Å²) in [6.45, 7) is 0.645. The first kappa shape index (κ1) is 18.4. The van der Waals surface area contributed by atoms with Crippen LogP contribution in [0.2, 0.25) is 0 Å². The van der Waals surface area contributed by atoms with Crippen molar-refractivity contribution in [3.63, 3.8) is 0 Å². The smallest absolute Gasteiger partial charge is 0.344 e. The molecule has 0 saturated heterocycles. The molecular weight excluding hydrogens is 346 g/mol. The van der Waals surface area contributed by atoms with Gasteiger partial charge in [0.2, 0.25) is 5.78 Å². The summed E-state index contributed by atoms with van der Waals surface area (Å²) in [5.74, 6) is -5.12. The zero-order chi connectivity index (χ0) is 18.7. The number of nitrogens with two attached hydrogens (primary N) is 1. The predicted molar refractivity (Wildman–Crippen MR) is 78.2 cm³/mol. The lowest BCUT2D eigenvalue weighted by atomic mass is 10.1. The highest BCUT2D eigenvalue weighted by Crippen LogP contribution is 2.27. The minimum absolute atomic E-state index is 0.123. The second-order valence-electron chi connectivity index (χ2n) is 4.86. The summed E-state index contributed by atoms with van der Waals surface area (Å²) in [4.78, 5) is 23.8. The van der Waals surface area contributed by atoms with Gasteiger partial charge in [-0.3, -0.25) is 4.79 Å². The van der Waals surface area contributed by atoms with Crippen LogP contribution in [0.5, 0.6) is 0 Å². The Hall–Kier alpha value is -2.91. The number of hydrogen-bond acceptors (Lipinski definition) is 5. The van der Waals surface area contributed by atoms with Crippen LogP contribution in [0.15, 0.2) is 18.2 Å². The maximum absolute atomic E-state index is 13.5. The van der Waals surface area contributed by atoms with Gasteiger partial charge in [-0.25, -0.2) is 27.0 Å². The van der Waals surface area contributed by atoms with Crippen LogP contribution in [-0.2, 0) is 11.3 Å². The van der Waals surface area contributed by atoms with Crippen molar-refractivity contribution in [1.29, 1.82) is 0 Å². The van der Waals surface area contributed by atoms with Crippen LogP contribution >= 0.6 is 0 Å². The first-order chi connectivity index (χ1) is 11.8. The molecule has 1 heterocycles. The fourth-order valence-corrected chi connectivity index (χ4v) is 2.14. The van der Waals surface area contributed by atoms with E-state index in [4.69, 9.17) is 5.73 Å². The molecule has 0 amide bonds. The van der Waals surface area contributed by atoms with E-state index >= 15 is 0 Å². The number of anilines is 1. The number of Topliss-reactive ketones (excluding diaryl/α,β-unsaturated/α-hetero) is 1. The van der Waals surface area contributed by atoms with Crippen LogP contribution in [0.1, 0.15) is 39.8 Å². The molecule has 0 unspecified atom stereocenters. The minimum Gasteiger partial charge on any atom is -0.454 e. The van der Waals surface area contributed by atoms with Gasteiger partial charge < -0.3 is 10.5 Å². The molecule has 0 radical (unpaired) electrons. The van der Waals surface area contributed by atoms with Gasteiger partial charge in [-0.15, -0.1) is 0 Å². The molecule has 0 spiro atoms. The number of ether oxygens (including phenoxy) is 1. The van der Waals surface area contributed by atoms with E-state index in [9.17, 15) is 27.2 Å². The Morgan fingerprint density at radius 2 is 1.84 bits per heavy atom. The van der Waals surface area contributed by atoms with Crippen molar-refractivity contribution < 1.29 is 31.9 Å². The van der Waals surface area contributed by atoms with Crippen molar-refractivity contribution in [2.24, 2.45) is 0 Å². The van der Waals surface area contributed by atoms with Crippen molar-refractivity contribution in [1.82, 2.24) is 9.78 Å². The van der Waals surface area contributed by atoms with E-state index in [0.717, 1.165) is 22.9 Å². The number of esters is 1. The Morgan fingerprint density at radius 3 is 2.36 bits per heavy atom. The molecule has 2 N–H and O–H groups in total. The second-order valence-corrected chi connectivity index (χ2v) is 4.86. The van der Waals surface area contributed by atoms with Crippen molar-refractivity contribution in [3.8, 4) is 0 Å². The molecule has 25 heavy (non-hydrogen) atoms. The molecule has 1 aromatic heterocycles.